The Hall–Kier alpha value is -4.12. The fourth-order valence-electron chi connectivity index (χ4n) is 3.79. The van der Waals surface area contributed by atoms with E-state index in [4.69, 9.17) is 13.6 Å². The van der Waals surface area contributed by atoms with Crippen LogP contribution < -0.4 is 10.2 Å². The van der Waals surface area contributed by atoms with E-state index < -0.39 is 0 Å². The standard InChI is InChI=1S/C28H22O5/c1-16-8-10-19(11-9-16)27-28(26(30)21-12-17(2)18(3)13-24(21)33-27)31-15-22(29)25-14-20-6-4-5-7-23(20)32-25/h4-14H,15H2,1-3H3. The fraction of sp³-hybridized carbons (Fsp3) is 0.143. The monoisotopic (exact) mass is 438 g/mol. The number of benzene rings is 3. The lowest BCUT2D eigenvalue weighted by molar-refractivity contribution is 0.0894. The van der Waals surface area contributed by atoms with Gasteiger partial charge in [0.1, 0.15) is 11.2 Å². The van der Waals surface area contributed by atoms with Gasteiger partial charge in [-0.2, -0.15) is 0 Å². The van der Waals surface area contributed by atoms with Gasteiger partial charge >= 0.3 is 0 Å². The number of aryl methyl sites for hydroxylation is 3. The number of ether oxygens (including phenoxy) is 1. The van der Waals surface area contributed by atoms with Gasteiger partial charge in [0.15, 0.2) is 18.1 Å². The summed E-state index contributed by atoms with van der Waals surface area (Å²) in [5, 5.41) is 1.25. The van der Waals surface area contributed by atoms with Crippen molar-refractivity contribution in [3.05, 3.63) is 99.4 Å². The lowest BCUT2D eigenvalue weighted by atomic mass is 10.0. The van der Waals surface area contributed by atoms with E-state index in [1.807, 2.05) is 69.3 Å². The minimum atomic E-state index is -0.361. The van der Waals surface area contributed by atoms with Gasteiger partial charge in [-0.3, -0.25) is 9.59 Å². The molecule has 2 aromatic heterocycles. The van der Waals surface area contributed by atoms with Crippen LogP contribution in [0.5, 0.6) is 5.75 Å². The van der Waals surface area contributed by atoms with Gasteiger partial charge < -0.3 is 13.6 Å². The molecule has 0 N–H and O–H groups in total. The lowest BCUT2D eigenvalue weighted by Gasteiger charge is -2.12. The molecule has 164 valence electrons. The van der Waals surface area contributed by atoms with Crippen LogP contribution in [0.2, 0.25) is 0 Å². The van der Waals surface area contributed by atoms with Crippen molar-refractivity contribution in [2.24, 2.45) is 0 Å². The van der Waals surface area contributed by atoms with E-state index in [-0.39, 0.29) is 29.3 Å². The van der Waals surface area contributed by atoms with E-state index >= 15 is 0 Å². The topological polar surface area (TPSA) is 69.7 Å². The van der Waals surface area contributed by atoms with Crippen LogP contribution in [0.15, 0.2) is 80.4 Å². The molecule has 0 unspecified atom stereocenters. The van der Waals surface area contributed by atoms with E-state index in [2.05, 4.69) is 0 Å². The number of carbonyl (C=O) groups excluding carboxylic acids is 1. The molecule has 0 bridgehead atoms. The number of ketones is 1. The number of carbonyl (C=O) groups is 1. The van der Waals surface area contributed by atoms with Gasteiger partial charge in [-0.1, -0.05) is 48.0 Å². The Morgan fingerprint density at radius 3 is 2.33 bits per heavy atom. The third-order valence-electron chi connectivity index (χ3n) is 5.83. The smallest absolute Gasteiger partial charge is 0.235 e. The second-order valence-corrected chi connectivity index (χ2v) is 8.25. The number of hydrogen-bond acceptors (Lipinski definition) is 5. The minimum Gasteiger partial charge on any atom is -0.478 e. The van der Waals surface area contributed by atoms with Crippen molar-refractivity contribution in [3.8, 4) is 17.1 Å². The van der Waals surface area contributed by atoms with Gasteiger partial charge in [0.2, 0.25) is 17.0 Å². The average molecular weight is 438 g/mol. The molecule has 0 atom stereocenters. The molecule has 5 nitrogen and oxygen atoms in total. The first kappa shape index (κ1) is 20.8. The molecule has 0 aliphatic carbocycles. The largest absolute Gasteiger partial charge is 0.478 e. The third-order valence-corrected chi connectivity index (χ3v) is 5.83. The summed E-state index contributed by atoms with van der Waals surface area (Å²) in [7, 11) is 0. The quantitative estimate of drug-likeness (QED) is 0.297. The van der Waals surface area contributed by atoms with E-state index in [1.54, 1.807) is 18.2 Å². The van der Waals surface area contributed by atoms with Crippen molar-refractivity contribution in [2.75, 3.05) is 6.61 Å². The minimum absolute atomic E-state index is 0.0130. The van der Waals surface area contributed by atoms with E-state index in [1.165, 1.54) is 0 Å². The van der Waals surface area contributed by atoms with Gasteiger partial charge in [-0.15, -0.1) is 0 Å². The average Bonchev–Trinajstić information content (AvgIpc) is 3.25. The van der Waals surface area contributed by atoms with E-state index in [9.17, 15) is 9.59 Å². The first-order valence-electron chi connectivity index (χ1n) is 10.7. The zero-order valence-electron chi connectivity index (χ0n) is 18.6. The third kappa shape index (κ3) is 3.82. The predicted octanol–water partition coefficient (Wildman–Crippen LogP) is 6.39. The molecule has 2 heterocycles. The summed E-state index contributed by atoms with van der Waals surface area (Å²) >= 11 is 0. The van der Waals surface area contributed by atoms with Gasteiger partial charge in [0.25, 0.3) is 0 Å². The summed E-state index contributed by atoms with van der Waals surface area (Å²) in [6.45, 7) is 5.54. The zero-order valence-corrected chi connectivity index (χ0v) is 18.6. The Kier molecular flexibility index (Phi) is 5.09. The first-order valence-corrected chi connectivity index (χ1v) is 10.7. The molecule has 5 rings (SSSR count). The number of rotatable bonds is 5. The molecule has 5 heteroatoms. The van der Waals surface area contributed by atoms with Crippen LogP contribution in [0.4, 0.5) is 0 Å². The maximum Gasteiger partial charge on any atom is 0.235 e. The molecule has 0 spiro atoms. The molecule has 5 aromatic rings. The number of fused-ring (bicyclic) bond motifs is 2. The first-order chi connectivity index (χ1) is 15.9. The molecule has 0 aliphatic rings. The Morgan fingerprint density at radius 2 is 1.58 bits per heavy atom. The van der Waals surface area contributed by atoms with Gasteiger partial charge in [-0.05, 0) is 56.2 Å². The predicted molar refractivity (Wildman–Crippen MR) is 128 cm³/mol. The van der Waals surface area contributed by atoms with Gasteiger partial charge in [0, 0.05) is 10.9 Å². The van der Waals surface area contributed by atoms with Gasteiger partial charge in [0.05, 0.1) is 5.39 Å². The van der Waals surface area contributed by atoms with E-state index in [0.717, 1.165) is 22.1 Å². The molecular formula is C28H22O5. The Labute approximate surface area is 190 Å². The molecule has 0 radical (unpaired) electrons. The molecule has 0 amide bonds. The second kappa shape index (κ2) is 8.10. The number of furan rings is 1. The summed E-state index contributed by atoms with van der Waals surface area (Å²) in [4.78, 5) is 26.2. The molecule has 33 heavy (non-hydrogen) atoms. The summed E-state index contributed by atoms with van der Waals surface area (Å²) in [6, 6.07) is 20.3. The fourth-order valence-corrected chi connectivity index (χ4v) is 3.79. The molecule has 3 aromatic carbocycles. The number of hydrogen-bond donors (Lipinski definition) is 0. The summed E-state index contributed by atoms with van der Waals surface area (Å²) in [5.41, 5.74) is 4.57. The summed E-state index contributed by atoms with van der Waals surface area (Å²) < 4.78 is 17.6. The van der Waals surface area contributed by atoms with Crippen molar-refractivity contribution in [3.63, 3.8) is 0 Å². The van der Waals surface area contributed by atoms with Crippen molar-refractivity contribution < 1.29 is 18.4 Å². The van der Waals surface area contributed by atoms with Crippen LogP contribution >= 0.6 is 0 Å². The van der Waals surface area contributed by atoms with Gasteiger partial charge in [-0.25, -0.2) is 0 Å². The second-order valence-electron chi connectivity index (χ2n) is 8.25. The maximum absolute atomic E-state index is 13.4. The molecular weight excluding hydrogens is 416 g/mol. The highest BCUT2D eigenvalue weighted by Gasteiger charge is 2.21. The Balaban J connectivity index is 1.57. The highest BCUT2D eigenvalue weighted by Crippen LogP contribution is 2.32. The van der Waals surface area contributed by atoms with Crippen LogP contribution in [0.1, 0.15) is 27.2 Å². The SMILES string of the molecule is Cc1ccc(-c2oc3cc(C)c(C)cc3c(=O)c2OCC(=O)c2cc3ccccc3o2)cc1. The Bertz CT molecular complexity index is 1540. The maximum atomic E-state index is 13.4. The van der Waals surface area contributed by atoms with Crippen LogP contribution in [-0.2, 0) is 0 Å². The van der Waals surface area contributed by atoms with Crippen molar-refractivity contribution >= 4 is 27.7 Å². The van der Waals surface area contributed by atoms with Crippen LogP contribution in [-0.4, -0.2) is 12.4 Å². The molecule has 0 aliphatic heterocycles. The normalized spacial score (nSPS) is 11.2. The number of para-hydroxylation sites is 1. The van der Waals surface area contributed by atoms with E-state index in [0.29, 0.717) is 27.9 Å². The summed E-state index contributed by atoms with van der Waals surface area (Å²) in [5.74, 6) is 0.137. The van der Waals surface area contributed by atoms with Crippen LogP contribution in [0.25, 0.3) is 33.3 Å². The van der Waals surface area contributed by atoms with Crippen LogP contribution in [0, 0.1) is 20.8 Å². The van der Waals surface area contributed by atoms with Crippen LogP contribution in [0.3, 0.4) is 0 Å². The highest BCUT2D eigenvalue weighted by molar-refractivity contribution is 5.98. The summed E-state index contributed by atoms with van der Waals surface area (Å²) in [6.07, 6.45) is 0. The zero-order chi connectivity index (χ0) is 23.1. The van der Waals surface area contributed by atoms with Crippen molar-refractivity contribution in [2.45, 2.75) is 20.8 Å². The van der Waals surface area contributed by atoms with Crippen molar-refractivity contribution in [1.82, 2.24) is 0 Å². The highest BCUT2D eigenvalue weighted by atomic mass is 16.5. The molecule has 0 saturated heterocycles. The molecule has 0 saturated carbocycles. The number of Topliss-reactive ketones (excluding diaryl/α,β-unsaturated/α-hetero) is 1. The lowest BCUT2D eigenvalue weighted by Crippen LogP contribution is -2.17. The van der Waals surface area contributed by atoms with Crippen molar-refractivity contribution in [1.29, 1.82) is 0 Å². The Morgan fingerprint density at radius 1 is 0.848 bits per heavy atom. The molecule has 0 fully saturated rings.